The summed E-state index contributed by atoms with van der Waals surface area (Å²) in [6.45, 7) is 8.69. The van der Waals surface area contributed by atoms with Crippen LogP contribution >= 0.6 is 0 Å². The van der Waals surface area contributed by atoms with Crippen LogP contribution in [-0.2, 0) is 5.41 Å². The number of nitrogens with zero attached hydrogens (tertiary/aromatic N) is 3. The summed E-state index contributed by atoms with van der Waals surface area (Å²) < 4.78 is 0. The van der Waals surface area contributed by atoms with Gasteiger partial charge in [-0.2, -0.15) is 0 Å². The topological polar surface area (TPSA) is 95.5 Å². The highest BCUT2D eigenvalue weighted by Gasteiger charge is 2.22. The summed E-state index contributed by atoms with van der Waals surface area (Å²) in [5.74, 6) is 1.78. The Balaban J connectivity index is 3.27. The number of hydrogen-bond acceptors (Lipinski definition) is 6. The maximum absolute atomic E-state index is 9.12. The van der Waals surface area contributed by atoms with Crippen molar-refractivity contribution in [1.29, 1.82) is 0 Å². The van der Waals surface area contributed by atoms with Crippen LogP contribution in [0.5, 0.6) is 0 Å². The van der Waals surface area contributed by atoms with Crippen molar-refractivity contribution in [3.63, 3.8) is 0 Å². The van der Waals surface area contributed by atoms with E-state index in [1.54, 1.807) is 0 Å². The van der Waals surface area contributed by atoms with Crippen LogP contribution in [0.1, 0.15) is 32.2 Å². The lowest BCUT2D eigenvalue weighted by atomic mass is 9.95. The molecule has 19 heavy (non-hydrogen) atoms. The van der Waals surface area contributed by atoms with Crippen LogP contribution in [0.15, 0.2) is 0 Å². The van der Waals surface area contributed by atoms with Crippen LogP contribution < -0.4 is 10.6 Å². The molecule has 0 amide bonds. The molecule has 0 saturated carbocycles. The maximum atomic E-state index is 9.12. The van der Waals surface area contributed by atoms with Gasteiger partial charge in [0.05, 0.1) is 13.2 Å². The highest BCUT2D eigenvalue weighted by Crippen LogP contribution is 2.26. The summed E-state index contributed by atoms with van der Waals surface area (Å²) in [4.78, 5) is 10.7. The van der Waals surface area contributed by atoms with Crippen molar-refractivity contribution in [3.05, 3.63) is 11.4 Å². The summed E-state index contributed by atoms with van der Waals surface area (Å²) in [6, 6.07) is 0. The van der Waals surface area contributed by atoms with Crippen molar-refractivity contribution in [2.24, 2.45) is 0 Å². The third kappa shape index (κ3) is 3.78. The molecule has 0 aliphatic heterocycles. The number of anilines is 2. The Bertz CT molecular complexity index is 423. The van der Waals surface area contributed by atoms with E-state index in [0.29, 0.717) is 30.5 Å². The van der Waals surface area contributed by atoms with E-state index in [1.165, 1.54) is 0 Å². The Morgan fingerprint density at radius 3 is 2.05 bits per heavy atom. The van der Waals surface area contributed by atoms with Gasteiger partial charge in [-0.3, -0.25) is 0 Å². The zero-order valence-electron chi connectivity index (χ0n) is 12.1. The highest BCUT2D eigenvalue weighted by atomic mass is 16.3. The normalized spacial score (nSPS) is 11.7. The first-order valence-electron chi connectivity index (χ1n) is 6.42. The van der Waals surface area contributed by atoms with Gasteiger partial charge in [0.15, 0.2) is 0 Å². The van der Waals surface area contributed by atoms with Gasteiger partial charge in [-0.25, -0.2) is 9.97 Å². The van der Waals surface area contributed by atoms with Crippen molar-refractivity contribution in [3.8, 4) is 0 Å². The molecular formula is C13H24N4O2. The summed E-state index contributed by atoms with van der Waals surface area (Å²) in [6.07, 6.45) is 0. The maximum Gasteiger partial charge on any atom is 0.138 e. The summed E-state index contributed by atoms with van der Waals surface area (Å²) in [7, 11) is 0. The van der Waals surface area contributed by atoms with Gasteiger partial charge in [0.25, 0.3) is 0 Å². The Morgan fingerprint density at radius 1 is 1.11 bits per heavy atom. The lowest BCUT2D eigenvalue weighted by molar-refractivity contribution is 0.280. The van der Waals surface area contributed by atoms with Crippen molar-refractivity contribution < 1.29 is 10.2 Å². The zero-order chi connectivity index (χ0) is 14.6. The fourth-order valence-electron chi connectivity index (χ4n) is 1.73. The second-order valence-corrected chi connectivity index (χ2v) is 5.57. The minimum absolute atomic E-state index is 0.00576. The molecule has 0 fully saturated rings. The van der Waals surface area contributed by atoms with Crippen molar-refractivity contribution >= 4 is 11.6 Å². The third-order valence-electron chi connectivity index (χ3n) is 2.87. The molecule has 6 heteroatoms. The van der Waals surface area contributed by atoms with Crippen LogP contribution in [0.2, 0.25) is 0 Å². The molecule has 1 aromatic rings. The van der Waals surface area contributed by atoms with Crippen molar-refractivity contribution in [2.45, 2.75) is 33.1 Å². The first kappa shape index (κ1) is 15.7. The van der Waals surface area contributed by atoms with E-state index in [2.05, 4.69) is 9.97 Å². The van der Waals surface area contributed by atoms with Gasteiger partial charge in [-0.05, 0) is 6.92 Å². The van der Waals surface area contributed by atoms with Crippen LogP contribution in [0.25, 0.3) is 0 Å². The quantitative estimate of drug-likeness (QED) is 0.718. The van der Waals surface area contributed by atoms with E-state index in [1.807, 2.05) is 32.6 Å². The Hall–Kier alpha value is -1.40. The van der Waals surface area contributed by atoms with Gasteiger partial charge >= 0.3 is 0 Å². The SMILES string of the molecule is Cc1c(N)nc(C(C)(C)C)nc1N(CCO)CCO. The second kappa shape index (κ2) is 6.16. The smallest absolute Gasteiger partial charge is 0.138 e. The van der Waals surface area contributed by atoms with Gasteiger partial charge in [0.1, 0.15) is 17.5 Å². The average Bonchev–Trinajstić information content (AvgIpc) is 2.31. The summed E-state index contributed by atoms with van der Waals surface area (Å²) >= 11 is 0. The number of rotatable bonds is 5. The van der Waals surface area contributed by atoms with E-state index in [-0.39, 0.29) is 18.6 Å². The monoisotopic (exact) mass is 268 g/mol. The molecule has 0 spiro atoms. The fourth-order valence-corrected chi connectivity index (χ4v) is 1.73. The molecule has 6 nitrogen and oxygen atoms in total. The van der Waals surface area contributed by atoms with E-state index >= 15 is 0 Å². The molecule has 0 aliphatic rings. The van der Waals surface area contributed by atoms with Gasteiger partial charge in [-0.15, -0.1) is 0 Å². The van der Waals surface area contributed by atoms with E-state index in [4.69, 9.17) is 15.9 Å². The lowest BCUT2D eigenvalue weighted by Crippen LogP contribution is -2.32. The number of aromatic nitrogens is 2. The minimum atomic E-state index is -0.208. The van der Waals surface area contributed by atoms with Gasteiger partial charge in [-0.1, -0.05) is 20.8 Å². The van der Waals surface area contributed by atoms with Crippen LogP contribution in [0, 0.1) is 6.92 Å². The molecule has 0 aromatic carbocycles. The molecule has 0 atom stereocenters. The van der Waals surface area contributed by atoms with Crippen molar-refractivity contribution in [2.75, 3.05) is 36.9 Å². The van der Waals surface area contributed by atoms with Crippen LogP contribution in [0.3, 0.4) is 0 Å². The zero-order valence-corrected chi connectivity index (χ0v) is 12.1. The molecular weight excluding hydrogens is 244 g/mol. The number of hydrogen-bond donors (Lipinski definition) is 3. The van der Waals surface area contributed by atoms with Crippen LogP contribution in [0.4, 0.5) is 11.6 Å². The molecule has 4 N–H and O–H groups in total. The highest BCUT2D eigenvalue weighted by molar-refractivity contribution is 5.56. The number of nitrogen functional groups attached to an aromatic ring is 1. The predicted octanol–water partition coefficient (Wildman–Crippen LogP) is 0.456. The van der Waals surface area contributed by atoms with E-state index < -0.39 is 0 Å². The fraction of sp³-hybridized carbons (Fsp3) is 0.692. The Kier molecular flexibility index (Phi) is 5.08. The van der Waals surface area contributed by atoms with Crippen LogP contribution in [-0.4, -0.2) is 46.5 Å². The molecule has 1 rings (SSSR count). The lowest BCUT2D eigenvalue weighted by Gasteiger charge is -2.26. The first-order chi connectivity index (χ1) is 8.81. The molecule has 0 aliphatic carbocycles. The van der Waals surface area contributed by atoms with E-state index in [0.717, 1.165) is 5.56 Å². The molecule has 1 aromatic heterocycles. The second-order valence-electron chi connectivity index (χ2n) is 5.57. The molecule has 0 saturated heterocycles. The Labute approximate surface area is 114 Å². The minimum Gasteiger partial charge on any atom is -0.395 e. The molecule has 0 bridgehead atoms. The van der Waals surface area contributed by atoms with Gasteiger partial charge in [0.2, 0.25) is 0 Å². The standard InChI is InChI=1S/C13H24N4O2/c1-9-10(14)15-12(13(2,3)4)16-11(9)17(5-7-18)6-8-19/h18-19H,5-8H2,1-4H3,(H2,14,15,16). The van der Waals surface area contributed by atoms with Crippen molar-refractivity contribution in [1.82, 2.24) is 9.97 Å². The van der Waals surface area contributed by atoms with Gasteiger partial charge < -0.3 is 20.8 Å². The summed E-state index contributed by atoms with van der Waals surface area (Å²) in [5, 5.41) is 18.2. The molecule has 0 radical (unpaired) electrons. The van der Waals surface area contributed by atoms with Gasteiger partial charge in [0, 0.05) is 24.1 Å². The molecule has 0 unspecified atom stereocenters. The summed E-state index contributed by atoms with van der Waals surface area (Å²) in [5.41, 5.74) is 6.51. The largest absolute Gasteiger partial charge is 0.395 e. The van der Waals surface area contributed by atoms with E-state index in [9.17, 15) is 0 Å². The number of aliphatic hydroxyl groups excluding tert-OH is 2. The number of aliphatic hydroxyl groups is 2. The molecule has 1 heterocycles. The Morgan fingerprint density at radius 2 is 1.63 bits per heavy atom. The third-order valence-corrected chi connectivity index (χ3v) is 2.87. The molecule has 108 valence electrons. The number of nitrogens with two attached hydrogens (primary N) is 1. The first-order valence-corrected chi connectivity index (χ1v) is 6.42. The average molecular weight is 268 g/mol. The predicted molar refractivity (Wildman–Crippen MR) is 76.3 cm³/mol.